The molecule has 5 aromatic rings. The standard InChI is InChI=1S/C32H30N4O3S/c1-22-11-14-26(18-23(22)2)36-20-28(25-12-15-27(39-3)16-13-25)33-32(36)34-30(37)21-35(19-24-8-5-4-6-9-24)31(38)29-10-7-17-40-29/h4-18,20H,19,21H2,1-3H3,(H,33,34,37). The zero-order valence-corrected chi connectivity index (χ0v) is 23.4. The summed E-state index contributed by atoms with van der Waals surface area (Å²) in [5.74, 6) is 0.602. The molecule has 0 bridgehead atoms. The second kappa shape index (κ2) is 12.0. The van der Waals surface area contributed by atoms with Crippen LogP contribution in [0.2, 0.25) is 0 Å². The van der Waals surface area contributed by atoms with E-state index >= 15 is 0 Å². The van der Waals surface area contributed by atoms with Gasteiger partial charge in [0.1, 0.15) is 12.3 Å². The molecule has 2 heterocycles. The van der Waals surface area contributed by atoms with Crippen LogP contribution in [-0.2, 0) is 11.3 Å². The Morgan fingerprint density at radius 3 is 2.40 bits per heavy atom. The predicted octanol–water partition coefficient (Wildman–Crippen LogP) is 6.51. The maximum atomic E-state index is 13.4. The van der Waals surface area contributed by atoms with Gasteiger partial charge in [-0.3, -0.25) is 19.5 Å². The number of hydrogen-bond donors (Lipinski definition) is 1. The van der Waals surface area contributed by atoms with E-state index in [1.807, 2.05) is 88.9 Å². The first-order valence-electron chi connectivity index (χ1n) is 12.9. The van der Waals surface area contributed by atoms with E-state index in [-0.39, 0.29) is 18.4 Å². The van der Waals surface area contributed by atoms with Crippen LogP contribution >= 0.6 is 11.3 Å². The maximum Gasteiger partial charge on any atom is 0.264 e. The minimum Gasteiger partial charge on any atom is -0.497 e. The van der Waals surface area contributed by atoms with Crippen LogP contribution in [0.5, 0.6) is 5.75 Å². The van der Waals surface area contributed by atoms with Crippen LogP contribution in [0.3, 0.4) is 0 Å². The SMILES string of the molecule is COc1ccc(-c2cn(-c3ccc(C)c(C)c3)c(NC(=O)CN(Cc3ccccc3)C(=O)c3cccs3)n2)cc1. The van der Waals surface area contributed by atoms with Crippen LogP contribution in [0.4, 0.5) is 5.95 Å². The van der Waals surface area contributed by atoms with E-state index in [1.165, 1.54) is 16.9 Å². The molecule has 0 aliphatic heterocycles. The summed E-state index contributed by atoms with van der Waals surface area (Å²) in [6.45, 7) is 4.30. The number of carbonyl (C=O) groups excluding carboxylic acids is 2. The second-order valence-corrected chi connectivity index (χ2v) is 10.4. The van der Waals surface area contributed by atoms with Crippen LogP contribution in [0, 0.1) is 13.8 Å². The van der Waals surface area contributed by atoms with Crippen molar-refractivity contribution in [1.29, 1.82) is 0 Å². The highest BCUT2D eigenvalue weighted by Crippen LogP contribution is 2.27. The first-order valence-corrected chi connectivity index (χ1v) is 13.8. The average Bonchev–Trinajstić information content (AvgIpc) is 3.65. The summed E-state index contributed by atoms with van der Waals surface area (Å²) in [6, 6.07) is 27.0. The second-order valence-electron chi connectivity index (χ2n) is 9.49. The Kier molecular flexibility index (Phi) is 8.07. The first kappa shape index (κ1) is 26.9. The zero-order chi connectivity index (χ0) is 28.1. The van der Waals surface area contributed by atoms with Gasteiger partial charge in [0.25, 0.3) is 5.91 Å². The number of imidazole rings is 1. The average molecular weight is 551 g/mol. The van der Waals surface area contributed by atoms with E-state index in [0.29, 0.717) is 23.1 Å². The molecule has 0 spiro atoms. The van der Waals surface area contributed by atoms with Crippen molar-refractivity contribution in [3.8, 4) is 22.7 Å². The van der Waals surface area contributed by atoms with Gasteiger partial charge in [-0.15, -0.1) is 11.3 Å². The van der Waals surface area contributed by atoms with Crippen LogP contribution in [0.1, 0.15) is 26.4 Å². The summed E-state index contributed by atoms with van der Waals surface area (Å²) in [4.78, 5) is 33.7. The predicted molar refractivity (Wildman–Crippen MR) is 159 cm³/mol. The Morgan fingerprint density at radius 1 is 0.950 bits per heavy atom. The number of aromatic nitrogens is 2. The molecule has 3 aromatic carbocycles. The quantitative estimate of drug-likeness (QED) is 0.227. The lowest BCUT2D eigenvalue weighted by atomic mass is 10.1. The number of nitrogens with one attached hydrogen (secondary N) is 1. The summed E-state index contributed by atoms with van der Waals surface area (Å²) in [7, 11) is 1.63. The van der Waals surface area contributed by atoms with Crippen molar-refractivity contribution >= 4 is 29.1 Å². The largest absolute Gasteiger partial charge is 0.497 e. The Morgan fingerprint density at radius 2 is 1.73 bits per heavy atom. The Bertz CT molecular complexity index is 1610. The van der Waals surface area contributed by atoms with Gasteiger partial charge in [0.2, 0.25) is 11.9 Å². The lowest BCUT2D eigenvalue weighted by Gasteiger charge is -2.22. The molecule has 7 nitrogen and oxygen atoms in total. The molecule has 202 valence electrons. The molecule has 5 rings (SSSR count). The van der Waals surface area contributed by atoms with E-state index in [2.05, 4.69) is 25.2 Å². The van der Waals surface area contributed by atoms with Gasteiger partial charge in [0.15, 0.2) is 0 Å². The zero-order valence-electron chi connectivity index (χ0n) is 22.6. The van der Waals surface area contributed by atoms with Crippen molar-refractivity contribution in [3.63, 3.8) is 0 Å². The number of amides is 2. The van der Waals surface area contributed by atoms with Crippen molar-refractivity contribution < 1.29 is 14.3 Å². The highest BCUT2D eigenvalue weighted by Gasteiger charge is 2.22. The lowest BCUT2D eigenvalue weighted by Crippen LogP contribution is -2.37. The number of methoxy groups -OCH3 is 1. The van der Waals surface area contributed by atoms with Gasteiger partial charge < -0.3 is 9.64 Å². The molecule has 2 amide bonds. The molecule has 0 unspecified atom stereocenters. The number of anilines is 1. The van der Waals surface area contributed by atoms with Gasteiger partial charge in [-0.2, -0.15) is 0 Å². The molecular weight excluding hydrogens is 520 g/mol. The van der Waals surface area contributed by atoms with E-state index in [1.54, 1.807) is 18.1 Å². The molecule has 40 heavy (non-hydrogen) atoms. The third kappa shape index (κ3) is 6.13. The number of hydrogen-bond acceptors (Lipinski definition) is 5. The molecule has 0 saturated heterocycles. The van der Waals surface area contributed by atoms with Crippen LogP contribution in [0.25, 0.3) is 16.9 Å². The molecule has 0 aliphatic rings. The van der Waals surface area contributed by atoms with Gasteiger partial charge in [0, 0.05) is 24.0 Å². The van der Waals surface area contributed by atoms with E-state index in [0.717, 1.165) is 28.1 Å². The van der Waals surface area contributed by atoms with E-state index < -0.39 is 0 Å². The number of aryl methyl sites for hydroxylation is 2. The van der Waals surface area contributed by atoms with Gasteiger partial charge in [-0.1, -0.05) is 42.5 Å². The third-order valence-electron chi connectivity index (χ3n) is 6.68. The highest BCUT2D eigenvalue weighted by atomic mass is 32.1. The van der Waals surface area contributed by atoms with Crippen LogP contribution < -0.4 is 10.1 Å². The fourth-order valence-electron chi connectivity index (χ4n) is 4.34. The van der Waals surface area contributed by atoms with Crippen molar-refractivity contribution in [2.24, 2.45) is 0 Å². The first-order chi connectivity index (χ1) is 19.4. The van der Waals surface area contributed by atoms with Crippen LogP contribution in [-0.4, -0.2) is 39.9 Å². The van der Waals surface area contributed by atoms with Gasteiger partial charge >= 0.3 is 0 Å². The number of ether oxygens (including phenoxy) is 1. The number of benzene rings is 3. The minimum atomic E-state index is -0.335. The molecule has 0 atom stereocenters. The van der Waals surface area contributed by atoms with Gasteiger partial charge in [-0.05, 0) is 78.4 Å². The smallest absolute Gasteiger partial charge is 0.264 e. The van der Waals surface area contributed by atoms with Crippen molar-refractivity contribution in [3.05, 3.63) is 118 Å². The van der Waals surface area contributed by atoms with Gasteiger partial charge in [-0.25, -0.2) is 4.98 Å². The monoisotopic (exact) mass is 550 g/mol. The van der Waals surface area contributed by atoms with Crippen molar-refractivity contribution in [2.75, 3.05) is 19.0 Å². The molecule has 0 radical (unpaired) electrons. The van der Waals surface area contributed by atoms with Gasteiger partial charge in [0.05, 0.1) is 17.7 Å². The third-order valence-corrected chi connectivity index (χ3v) is 7.54. The van der Waals surface area contributed by atoms with Crippen LogP contribution in [0.15, 0.2) is 96.5 Å². The summed E-state index contributed by atoms with van der Waals surface area (Å²) < 4.78 is 7.16. The molecule has 2 aromatic heterocycles. The molecule has 1 N–H and O–H groups in total. The number of nitrogens with zero attached hydrogens (tertiary/aromatic N) is 3. The molecule has 8 heteroatoms. The topological polar surface area (TPSA) is 76.5 Å². The Hall–Kier alpha value is -4.69. The lowest BCUT2D eigenvalue weighted by molar-refractivity contribution is -0.117. The summed E-state index contributed by atoms with van der Waals surface area (Å²) in [6.07, 6.45) is 1.90. The fourth-order valence-corrected chi connectivity index (χ4v) is 5.03. The minimum absolute atomic E-state index is 0.122. The maximum absolute atomic E-state index is 13.4. The number of carbonyl (C=O) groups is 2. The molecule has 0 aliphatic carbocycles. The Balaban J connectivity index is 1.45. The van der Waals surface area contributed by atoms with E-state index in [4.69, 9.17) is 9.72 Å². The summed E-state index contributed by atoms with van der Waals surface area (Å²) >= 11 is 1.36. The molecular formula is C32H30N4O3S. The molecule has 0 saturated carbocycles. The molecule has 0 fully saturated rings. The normalized spacial score (nSPS) is 10.8. The number of rotatable bonds is 9. The van der Waals surface area contributed by atoms with Crippen molar-refractivity contribution in [2.45, 2.75) is 20.4 Å². The Labute approximate surface area is 237 Å². The van der Waals surface area contributed by atoms with E-state index in [9.17, 15) is 9.59 Å². The summed E-state index contributed by atoms with van der Waals surface area (Å²) in [5.41, 5.74) is 5.71. The summed E-state index contributed by atoms with van der Waals surface area (Å²) in [5, 5.41) is 4.83. The van der Waals surface area contributed by atoms with Crippen molar-refractivity contribution in [1.82, 2.24) is 14.5 Å². The highest BCUT2D eigenvalue weighted by molar-refractivity contribution is 7.12. The number of thiophene rings is 1. The fraction of sp³-hybridized carbons (Fsp3) is 0.156.